The number of nitrogens with one attached hydrogen (secondary N) is 1. The van der Waals surface area contributed by atoms with Crippen molar-refractivity contribution in [3.8, 4) is 5.69 Å². The maximum absolute atomic E-state index is 13.1. The average molecular weight is 286 g/mol. The molecule has 1 amide bonds. The molecule has 0 saturated heterocycles. The van der Waals surface area contributed by atoms with Gasteiger partial charge < -0.3 is 9.73 Å². The third-order valence-electron chi connectivity index (χ3n) is 2.80. The summed E-state index contributed by atoms with van der Waals surface area (Å²) < 4.78 is 19.6. The molecule has 1 aromatic carbocycles. The largest absolute Gasteiger partial charge is 0.467 e. The fraction of sp³-hybridized carbons (Fsp3) is 0.0714. The number of amides is 1. The Labute approximate surface area is 119 Å². The minimum absolute atomic E-state index is 0.144. The van der Waals surface area contributed by atoms with Crippen LogP contribution in [-0.2, 0) is 6.54 Å². The van der Waals surface area contributed by atoms with Crippen molar-refractivity contribution < 1.29 is 13.6 Å². The molecule has 0 fully saturated rings. The molecule has 3 aromatic rings. The van der Waals surface area contributed by atoms with Gasteiger partial charge in [-0.15, -0.1) is 5.10 Å². The summed E-state index contributed by atoms with van der Waals surface area (Å²) in [6.07, 6.45) is 2.97. The van der Waals surface area contributed by atoms with E-state index in [1.165, 1.54) is 29.3 Å². The number of halogens is 1. The van der Waals surface area contributed by atoms with Gasteiger partial charge in [-0.25, -0.2) is 9.07 Å². The molecule has 2 heterocycles. The van der Waals surface area contributed by atoms with Crippen LogP contribution in [0.25, 0.3) is 5.69 Å². The highest BCUT2D eigenvalue weighted by Crippen LogP contribution is 2.09. The first-order chi connectivity index (χ1) is 10.2. The molecule has 0 spiro atoms. The maximum Gasteiger partial charge on any atom is 0.273 e. The molecule has 2 aromatic heterocycles. The number of carbonyl (C=O) groups excluding carboxylic acids is 1. The molecule has 0 atom stereocenters. The number of nitrogens with zero attached hydrogens (tertiary/aromatic N) is 3. The molecule has 21 heavy (non-hydrogen) atoms. The molecule has 6 nitrogen and oxygen atoms in total. The molecule has 0 aliphatic rings. The molecule has 0 unspecified atom stereocenters. The van der Waals surface area contributed by atoms with Crippen molar-refractivity contribution in [2.24, 2.45) is 0 Å². The predicted molar refractivity (Wildman–Crippen MR) is 71.2 cm³/mol. The second-order valence-corrected chi connectivity index (χ2v) is 4.29. The Morgan fingerprint density at radius 2 is 2.24 bits per heavy atom. The van der Waals surface area contributed by atoms with Crippen molar-refractivity contribution in [3.63, 3.8) is 0 Å². The van der Waals surface area contributed by atoms with Gasteiger partial charge in [-0.05, 0) is 30.3 Å². The number of hydrogen-bond donors (Lipinski definition) is 1. The van der Waals surface area contributed by atoms with E-state index in [1.54, 1.807) is 24.3 Å². The highest BCUT2D eigenvalue weighted by Gasteiger charge is 2.12. The summed E-state index contributed by atoms with van der Waals surface area (Å²) in [5.41, 5.74) is 0.637. The lowest BCUT2D eigenvalue weighted by Crippen LogP contribution is -2.22. The molecular weight excluding hydrogens is 275 g/mol. The monoisotopic (exact) mass is 286 g/mol. The van der Waals surface area contributed by atoms with E-state index in [9.17, 15) is 9.18 Å². The normalized spacial score (nSPS) is 10.5. The minimum Gasteiger partial charge on any atom is -0.467 e. The second kappa shape index (κ2) is 5.58. The van der Waals surface area contributed by atoms with Crippen LogP contribution in [0.5, 0.6) is 0 Å². The SMILES string of the molecule is O=C(NCc1ccco1)c1cn(-c2cccc(F)c2)nn1. The van der Waals surface area contributed by atoms with Gasteiger partial charge in [0.15, 0.2) is 5.69 Å². The van der Waals surface area contributed by atoms with E-state index in [2.05, 4.69) is 15.6 Å². The van der Waals surface area contributed by atoms with Crippen molar-refractivity contribution >= 4 is 5.91 Å². The smallest absolute Gasteiger partial charge is 0.273 e. The fourth-order valence-corrected chi connectivity index (χ4v) is 1.78. The van der Waals surface area contributed by atoms with E-state index in [1.807, 2.05) is 0 Å². The molecule has 0 aliphatic carbocycles. The van der Waals surface area contributed by atoms with Crippen molar-refractivity contribution in [1.82, 2.24) is 20.3 Å². The van der Waals surface area contributed by atoms with E-state index in [0.29, 0.717) is 11.4 Å². The number of aromatic nitrogens is 3. The van der Waals surface area contributed by atoms with Crippen LogP contribution in [0.4, 0.5) is 4.39 Å². The average Bonchev–Trinajstić information content (AvgIpc) is 3.16. The topological polar surface area (TPSA) is 73.0 Å². The molecular formula is C14H11FN4O2. The van der Waals surface area contributed by atoms with Gasteiger partial charge in [-0.1, -0.05) is 11.3 Å². The Bertz CT molecular complexity index is 752. The number of benzene rings is 1. The van der Waals surface area contributed by atoms with Crippen LogP contribution in [0.15, 0.2) is 53.3 Å². The predicted octanol–water partition coefficient (Wildman–Crippen LogP) is 1.93. The van der Waals surface area contributed by atoms with Crippen molar-refractivity contribution in [2.75, 3.05) is 0 Å². The lowest BCUT2D eigenvalue weighted by Gasteiger charge is -2.00. The van der Waals surface area contributed by atoms with Crippen LogP contribution in [0, 0.1) is 5.82 Å². The van der Waals surface area contributed by atoms with E-state index in [-0.39, 0.29) is 24.0 Å². The van der Waals surface area contributed by atoms with Crippen LogP contribution in [0.1, 0.15) is 16.2 Å². The number of carbonyl (C=O) groups is 1. The van der Waals surface area contributed by atoms with Crippen LogP contribution in [0.2, 0.25) is 0 Å². The van der Waals surface area contributed by atoms with E-state index in [0.717, 1.165) is 0 Å². The van der Waals surface area contributed by atoms with Gasteiger partial charge in [0.1, 0.15) is 11.6 Å². The first-order valence-corrected chi connectivity index (χ1v) is 6.21. The Kier molecular flexibility index (Phi) is 3.46. The van der Waals surface area contributed by atoms with Gasteiger partial charge in [-0.2, -0.15) is 0 Å². The first-order valence-electron chi connectivity index (χ1n) is 6.21. The number of furan rings is 1. The second-order valence-electron chi connectivity index (χ2n) is 4.29. The Hall–Kier alpha value is -2.96. The Morgan fingerprint density at radius 3 is 3.00 bits per heavy atom. The number of hydrogen-bond acceptors (Lipinski definition) is 4. The van der Waals surface area contributed by atoms with Gasteiger partial charge in [0, 0.05) is 0 Å². The van der Waals surface area contributed by atoms with Crippen LogP contribution < -0.4 is 5.32 Å². The summed E-state index contributed by atoms with van der Waals surface area (Å²) in [6, 6.07) is 9.35. The molecule has 7 heteroatoms. The lowest BCUT2D eigenvalue weighted by atomic mass is 10.3. The highest BCUT2D eigenvalue weighted by molar-refractivity contribution is 5.91. The van der Waals surface area contributed by atoms with Crippen LogP contribution in [-0.4, -0.2) is 20.9 Å². The zero-order valence-electron chi connectivity index (χ0n) is 10.9. The molecule has 0 aliphatic heterocycles. The minimum atomic E-state index is -0.383. The highest BCUT2D eigenvalue weighted by atomic mass is 19.1. The third-order valence-corrected chi connectivity index (χ3v) is 2.80. The van der Waals surface area contributed by atoms with Crippen molar-refractivity contribution in [3.05, 3.63) is 66.1 Å². The molecule has 106 valence electrons. The summed E-state index contributed by atoms with van der Waals surface area (Å²) in [7, 11) is 0. The molecule has 1 N–H and O–H groups in total. The maximum atomic E-state index is 13.1. The van der Waals surface area contributed by atoms with E-state index < -0.39 is 0 Å². The summed E-state index contributed by atoms with van der Waals surface area (Å²) in [6.45, 7) is 0.263. The van der Waals surface area contributed by atoms with Crippen molar-refractivity contribution in [1.29, 1.82) is 0 Å². The molecule has 0 saturated carbocycles. The Balaban J connectivity index is 1.71. The molecule has 3 rings (SSSR count). The molecule has 0 bridgehead atoms. The van der Waals surface area contributed by atoms with Gasteiger partial charge in [0.05, 0.1) is 24.7 Å². The van der Waals surface area contributed by atoms with E-state index >= 15 is 0 Å². The van der Waals surface area contributed by atoms with Gasteiger partial charge in [0.25, 0.3) is 5.91 Å². The van der Waals surface area contributed by atoms with Gasteiger partial charge >= 0.3 is 0 Å². The van der Waals surface area contributed by atoms with Gasteiger partial charge in [-0.3, -0.25) is 4.79 Å². The summed E-state index contributed by atoms with van der Waals surface area (Å²) >= 11 is 0. The quantitative estimate of drug-likeness (QED) is 0.795. The summed E-state index contributed by atoms with van der Waals surface area (Å²) in [5, 5.41) is 10.2. The van der Waals surface area contributed by atoms with Crippen LogP contribution >= 0.6 is 0 Å². The lowest BCUT2D eigenvalue weighted by molar-refractivity contribution is 0.0943. The van der Waals surface area contributed by atoms with Crippen molar-refractivity contribution in [2.45, 2.75) is 6.54 Å². The van der Waals surface area contributed by atoms with Gasteiger partial charge in [0.2, 0.25) is 0 Å². The Morgan fingerprint density at radius 1 is 1.33 bits per heavy atom. The van der Waals surface area contributed by atoms with Crippen LogP contribution in [0.3, 0.4) is 0 Å². The first kappa shape index (κ1) is 13.0. The van der Waals surface area contributed by atoms with E-state index in [4.69, 9.17) is 4.42 Å². The molecule has 0 radical (unpaired) electrons. The summed E-state index contributed by atoms with van der Waals surface area (Å²) in [4.78, 5) is 11.9. The zero-order valence-corrected chi connectivity index (χ0v) is 10.9. The standard InChI is InChI=1S/C14H11FN4O2/c15-10-3-1-4-11(7-10)19-9-13(17-18-19)14(20)16-8-12-5-2-6-21-12/h1-7,9H,8H2,(H,16,20). The number of rotatable bonds is 4. The summed E-state index contributed by atoms with van der Waals surface area (Å²) in [5.74, 6) is -0.123. The third kappa shape index (κ3) is 2.97. The zero-order chi connectivity index (χ0) is 14.7. The fourth-order valence-electron chi connectivity index (χ4n) is 1.78.